The van der Waals surface area contributed by atoms with Gasteiger partial charge in [0.15, 0.2) is 0 Å². The molecule has 2 aliphatic heterocycles. The molecule has 0 aromatic carbocycles. The van der Waals surface area contributed by atoms with Gasteiger partial charge in [0.1, 0.15) is 5.50 Å². The Hall–Kier alpha value is -0.450. The highest BCUT2D eigenvalue weighted by molar-refractivity contribution is 8.02. The molecule has 0 aromatic heterocycles. The van der Waals surface area contributed by atoms with Crippen molar-refractivity contribution in [3.8, 4) is 0 Å². The first-order chi connectivity index (χ1) is 7.72. The molecule has 0 fully saturated rings. The van der Waals surface area contributed by atoms with Crippen LogP contribution in [0.5, 0.6) is 0 Å². The molecule has 2 heterocycles. The molecule has 2 aliphatic rings. The molecule has 1 atom stereocenters. The summed E-state index contributed by atoms with van der Waals surface area (Å²) in [6.07, 6.45) is 4.77. The summed E-state index contributed by atoms with van der Waals surface area (Å²) in [5.74, 6) is 0. The molecule has 0 amide bonds. The average Bonchev–Trinajstić information content (AvgIpc) is 2.61. The summed E-state index contributed by atoms with van der Waals surface area (Å²) in [6, 6.07) is 0. The maximum atomic E-state index is 5.96. The third kappa shape index (κ3) is 2.44. The number of hydrogen-bond acceptors (Lipinski definition) is 4. The van der Waals surface area contributed by atoms with Crippen LogP contribution in [0.4, 0.5) is 0 Å². The van der Waals surface area contributed by atoms with E-state index in [2.05, 4.69) is 35.3 Å². The second-order valence-corrected chi connectivity index (χ2v) is 5.43. The Morgan fingerprint density at radius 2 is 2.38 bits per heavy atom. The summed E-state index contributed by atoms with van der Waals surface area (Å²) < 4.78 is 0. The molecule has 0 aromatic rings. The molecule has 4 heteroatoms. The largest absolute Gasteiger partial charge is 0.350 e. The first kappa shape index (κ1) is 12.0. The lowest BCUT2D eigenvalue weighted by molar-refractivity contribution is 0.285. The van der Waals surface area contributed by atoms with Crippen molar-refractivity contribution in [2.24, 2.45) is 5.73 Å². The molecule has 90 valence electrons. The molecule has 1 unspecified atom stereocenters. The van der Waals surface area contributed by atoms with E-state index < -0.39 is 0 Å². The molecular weight excluding hydrogens is 218 g/mol. The van der Waals surface area contributed by atoms with Gasteiger partial charge in [0.05, 0.1) is 0 Å². The van der Waals surface area contributed by atoms with E-state index in [9.17, 15) is 0 Å². The second kappa shape index (κ2) is 5.25. The smallest absolute Gasteiger partial charge is 0.129 e. The van der Waals surface area contributed by atoms with Crippen LogP contribution in [0, 0.1) is 0 Å². The van der Waals surface area contributed by atoms with Gasteiger partial charge in [-0.15, -0.1) is 0 Å². The van der Waals surface area contributed by atoms with Crippen LogP contribution in [0.25, 0.3) is 0 Å². The van der Waals surface area contributed by atoms with Gasteiger partial charge in [0, 0.05) is 25.8 Å². The normalized spacial score (nSPS) is 26.9. The van der Waals surface area contributed by atoms with Crippen LogP contribution in [0.1, 0.15) is 19.8 Å². The molecule has 16 heavy (non-hydrogen) atoms. The highest BCUT2D eigenvalue weighted by atomic mass is 32.2. The van der Waals surface area contributed by atoms with Gasteiger partial charge in [-0.05, 0) is 30.4 Å². The van der Waals surface area contributed by atoms with E-state index in [4.69, 9.17) is 5.73 Å². The van der Waals surface area contributed by atoms with E-state index in [1.807, 2.05) is 0 Å². The van der Waals surface area contributed by atoms with Crippen LogP contribution in [0.15, 0.2) is 22.8 Å². The maximum Gasteiger partial charge on any atom is 0.129 e. The molecule has 0 aliphatic carbocycles. The Kier molecular flexibility index (Phi) is 3.95. The average molecular weight is 239 g/mol. The lowest BCUT2D eigenvalue weighted by Gasteiger charge is -2.30. The van der Waals surface area contributed by atoms with Crippen molar-refractivity contribution >= 4 is 11.8 Å². The highest BCUT2D eigenvalue weighted by Gasteiger charge is 2.24. The van der Waals surface area contributed by atoms with Crippen molar-refractivity contribution in [1.29, 1.82) is 0 Å². The highest BCUT2D eigenvalue weighted by Crippen LogP contribution is 2.32. The first-order valence-corrected chi connectivity index (χ1v) is 6.92. The third-order valence-electron chi connectivity index (χ3n) is 3.18. The molecule has 2 rings (SSSR count). The van der Waals surface area contributed by atoms with Gasteiger partial charge in [0.25, 0.3) is 0 Å². The van der Waals surface area contributed by atoms with Crippen molar-refractivity contribution in [2.75, 3.05) is 26.7 Å². The molecule has 0 radical (unpaired) electrons. The van der Waals surface area contributed by atoms with E-state index in [1.54, 1.807) is 11.8 Å². The fourth-order valence-corrected chi connectivity index (χ4v) is 3.13. The molecule has 3 nitrogen and oxygen atoms in total. The van der Waals surface area contributed by atoms with E-state index in [0.29, 0.717) is 0 Å². The summed E-state index contributed by atoms with van der Waals surface area (Å²) in [6.45, 7) is 5.73. The van der Waals surface area contributed by atoms with Gasteiger partial charge in [-0.3, -0.25) is 4.90 Å². The topological polar surface area (TPSA) is 32.5 Å². The molecule has 2 N–H and O–H groups in total. The van der Waals surface area contributed by atoms with Crippen LogP contribution < -0.4 is 5.73 Å². The lowest BCUT2D eigenvalue weighted by Crippen LogP contribution is -2.36. The van der Waals surface area contributed by atoms with Gasteiger partial charge in [-0.2, -0.15) is 0 Å². The fourth-order valence-electron chi connectivity index (χ4n) is 2.25. The first-order valence-electron chi connectivity index (χ1n) is 5.98. The second-order valence-electron chi connectivity index (χ2n) is 4.43. The summed E-state index contributed by atoms with van der Waals surface area (Å²) >= 11 is 1.70. The monoisotopic (exact) mass is 239 g/mol. The predicted molar refractivity (Wildman–Crippen MR) is 70.8 cm³/mol. The zero-order chi connectivity index (χ0) is 11.5. The Morgan fingerprint density at radius 1 is 1.56 bits per heavy atom. The minimum absolute atomic E-state index is 0.0949. The molecule has 0 bridgehead atoms. The van der Waals surface area contributed by atoms with Gasteiger partial charge < -0.3 is 10.6 Å². The minimum atomic E-state index is 0.0949. The third-order valence-corrected chi connectivity index (χ3v) is 4.13. The van der Waals surface area contributed by atoms with Gasteiger partial charge >= 0.3 is 0 Å². The van der Waals surface area contributed by atoms with E-state index in [0.717, 1.165) is 6.54 Å². The Labute approximate surface area is 102 Å². The number of thioether (sulfide) groups is 1. The number of hydrogen-bond donors (Lipinski definition) is 1. The number of nitrogens with zero attached hydrogens (tertiary/aromatic N) is 2. The molecular formula is C12H21N3S. The van der Waals surface area contributed by atoms with E-state index in [-0.39, 0.29) is 5.50 Å². The Balaban J connectivity index is 2.02. The SMILES string of the molecule is CCCN1CCC=C(C2=CSC(N)N2C)C1. The predicted octanol–water partition coefficient (Wildman–Crippen LogP) is 1.79. The fraction of sp³-hybridized carbons (Fsp3) is 0.667. The van der Waals surface area contributed by atoms with E-state index in [1.165, 1.54) is 37.2 Å². The van der Waals surface area contributed by atoms with Crippen LogP contribution >= 0.6 is 11.8 Å². The van der Waals surface area contributed by atoms with Crippen LogP contribution in [-0.4, -0.2) is 42.0 Å². The Morgan fingerprint density at radius 3 is 3.00 bits per heavy atom. The van der Waals surface area contributed by atoms with Crippen molar-refractivity contribution in [2.45, 2.75) is 25.3 Å². The van der Waals surface area contributed by atoms with Crippen molar-refractivity contribution in [3.05, 3.63) is 22.8 Å². The minimum Gasteiger partial charge on any atom is -0.350 e. The van der Waals surface area contributed by atoms with E-state index >= 15 is 0 Å². The molecule has 0 saturated heterocycles. The number of likely N-dealkylation sites (N-methyl/N-ethyl adjacent to an activating group) is 1. The van der Waals surface area contributed by atoms with Gasteiger partial charge in [0.2, 0.25) is 0 Å². The van der Waals surface area contributed by atoms with Crippen molar-refractivity contribution in [1.82, 2.24) is 9.80 Å². The standard InChI is InChI=1S/C12H21N3S/c1-3-6-15-7-4-5-10(8-15)11-9-16-12(13)14(11)2/h5,9,12H,3-4,6-8,13H2,1-2H3. The van der Waals surface area contributed by atoms with Crippen LogP contribution in [0.2, 0.25) is 0 Å². The summed E-state index contributed by atoms with van der Waals surface area (Å²) in [4.78, 5) is 4.70. The molecule has 0 saturated carbocycles. The number of nitrogens with two attached hydrogens (primary N) is 1. The van der Waals surface area contributed by atoms with Crippen LogP contribution in [0.3, 0.4) is 0 Å². The van der Waals surface area contributed by atoms with Gasteiger partial charge in [-0.25, -0.2) is 0 Å². The number of rotatable bonds is 3. The summed E-state index contributed by atoms with van der Waals surface area (Å²) in [5, 5.41) is 2.20. The summed E-state index contributed by atoms with van der Waals surface area (Å²) in [7, 11) is 2.08. The maximum absolute atomic E-state index is 5.96. The van der Waals surface area contributed by atoms with Gasteiger partial charge in [-0.1, -0.05) is 24.8 Å². The van der Waals surface area contributed by atoms with Crippen molar-refractivity contribution < 1.29 is 0 Å². The zero-order valence-electron chi connectivity index (χ0n) is 10.1. The quantitative estimate of drug-likeness (QED) is 0.814. The zero-order valence-corrected chi connectivity index (χ0v) is 11.0. The summed E-state index contributed by atoms with van der Waals surface area (Å²) in [5.41, 5.74) is 8.82. The lowest BCUT2D eigenvalue weighted by atomic mass is 10.1. The van der Waals surface area contributed by atoms with Crippen molar-refractivity contribution in [3.63, 3.8) is 0 Å². The Bertz CT molecular complexity index is 311. The molecule has 0 spiro atoms. The van der Waals surface area contributed by atoms with Crippen LogP contribution in [-0.2, 0) is 0 Å².